The third-order valence-electron chi connectivity index (χ3n) is 4.81. The number of phenols is 1. The smallest absolute Gasteiger partial charge is 0.338 e. The van der Waals surface area contributed by atoms with Gasteiger partial charge in [0, 0.05) is 6.42 Å². The summed E-state index contributed by atoms with van der Waals surface area (Å²) in [5, 5.41) is 10.1. The highest BCUT2D eigenvalue weighted by molar-refractivity contribution is 7.86. The molecule has 3 aromatic rings. The summed E-state index contributed by atoms with van der Waals surface area (Å²) in [4.78, 5) is 12.3. The Kier molecular flexibility index (Phi) is 5.49. The second-order valence-corrected chi connectivity index (χ2v) is 8.51. The first kappa shape index (κ1) is 20.4. The number of carbonyl (C=O) groups is 1. The fraction of sp³-hybridized carbons (Fsp3) is 0.136. The first-order valence-electron chi connectivity index (χ1n) is 9.11. The molecule has 3 aromatic carbocycles. The molecule has 1 aliphatic rings. The summed E-state index contributed by atoms with van der Waals surface area (Å²) in [6.45, 7) is 2.07. The molecule has 4 rings (SSSR count). The number of ether oxygens (including phenoxy) is 1. The SMILES string of the molecule is Cc1ccc2c(c1)CCOC(=O)c1cc(Cl)c(O)c(c1)S(=O)Nc1cc-2ccc1F. The van der Waals surface area contributed by atoms with Crippen LogP contribution in [0.2, 0.25) is 5.02 Å². The molecular weight excluding hydrogens is 429 g/mol. The lowest BCUT2D eigenvalue weighted by atomic mass is 9.95. The third kappa shape index (κ3) is 3.91. The maximum atomic E-state index is 14.4. The van der Waals surface area contributed by atoms with Gasteiger partial charge in [-0.05, 0) is 47.9 Å². The number of carbonyl (C=O) groups excluding carboxylic acids is 1. The summed E-state index contributed by atoms with van der Waals surface area (Å²) in [6, 6.07) is 12.8. The fourth-order valence-electron chi connectivity index (χ4n) is 3.31. The average molecular weight is 446 g/mol. The number of fused-ring (bicyclic) bond motifs is 6. The second-order valence-electron chi connectivity index (χ2n) is 6.92. The molecule has 154 valence electrons. The minimum absolute atomic E-state index is 0.00193. The molecule has 0 spiro atoms. The summed E-state index contributed by atoms with van der Waals surface area (Å²) >= 11 is 6.00. The predicted molar refractivity (Wildman–Crippen MR) is 114 cm³/mol. The standard InChI is InChI=1S/C22H17ClFNO4S/c1-12-2-4-16-13-3-5-18(24)19(10-13)25-30(28)20-11-15(9-17(23)21(20)26)22(27)29-7-6-14(16)8-12/h2-5,8-11,25-26H,6-7H2,1H3. The molecule has 8 heteroatoms. The number of esters is 1. The minimum Gasteiger partial charge on any atom is -0.505 e. The summed E-state index contributed by atoms with van der Waals surface area (Å²) in [5.74, 6) is -1.72. The van der Waals surface area contributed by atoms with Crippen LogP contribution in [0.15, 0.2) is 53.4 Å². The number of phenolic OH excluding ortho intramolecular Hbond substituents is 1. The minimum atomic E-state index is -2.08. The van der Waals surface area contributed by atoms with Crippen molar-refractivity contribution in [3.8, 4) is 16.9 Å². The number of aromatic hydroxyl groups is 1. The highest BCUT2D eigenvalue weighted by Gasteiger charge is 2.21. The van der Waals surface area contributed by atoms with Crippen molar-refractivity contribution in [3.05, 3.63) is 76.1 Å². The number of rotatable bonds is 0. The average Bonchev–Trinajstić information content (AvgIpc) is 2.71. The lowest BCUT2D eigenvalue weighted by molar-refractivity contribution is 0.0509. The Bertz CT molecular complexity index is 1200. The molecular formula is C22H17ClFNO4S. The number of aryl methyl sites for hydroxylation is 1. The van der Waals surface area contributed by atoms with E-state index in [4.69, 9.17) is 16.3 Å². The first-order chi connectivity index (χ1) is 14.3. The van der Waals surface area contributed by atoms with Crippen LogP contribution in [0, 0.1) is 12.7 Å². The second kappa shape index (κ2) is 8.08. The van der Waals surface area contributed by atoms with Crippen molar-refractivity contribution < 1.29 is 23.2 Å². The topological polar surface area (TPSA) is 75.6 Å². The van der Waals surface area contributed by atoms with Gasteiger partial charge in [-0.3, -0.25) is 4.72 Å². The molecule has 0 radical (unpaired) electrons. The maximum Gasteiger partial charge on any atom is 0.338 e. The normalized spacial score (nSPS) is 16.1. The molecule has 0 aromatic heterocycles. The Hall–Kier alpha value is -2.90. The van der Waals surface area contributed by atoms with Gasteiger partial charge in [-0.1, -0.05) is 41.4 Å². The predicted octanol–water partition coefficient (Wildman–Crippen LogP) is 5.01. The molecule has 0 saturated heterocycles. The van der Waals surface area contributed by atoms with Gasteiger partial charge in [0.2, 0.25) is 0 Å². The number of halogens is 2. The van der Waals surface area contributed by atoms with Crippen molar-refractivity contribution in [2.45, 2.75) is 18.2 Å². The van der Waals surface area contributed by atoms with Crippen LogP contribution in [0.1, 0.15) is 21.5 Å². The first-order valence-corrected chi connectivity index (χ1v) is 10.6. The zero-order chi connectivity index (χ0) is 21.4. The summed E-state index contributed by atoms with van der Waals surface area (Å²) in [6.07, 6.45) is 0.452. The van der Waals surface area contributed by atoms with Crippen molar-refractivity contribution in [2.75, 3.05) is 11.3 Å². The van der Waals surface area contributed by atoms with E-state index in [0.29, 0.717) is 12.0 Å². The van der Waals surface area contributed by atoms with Crippen LogP contribution in [-0.4, -0.2) is 21.9 Å². The fourth-order valence-corrected chi connectivity index (χ4v) is 4.57. The van der Waals surface area contributed by atoms with Crippen LogP contribution in [0.3, 0.4) is 0 Å². The van der Waals surface area contributed by atoms with E-state index in [9.17, 15) is 18.5 Å². The number of hydrogen-bond donors (Lipinski definition) is 2. The van der Waals surface area contributed by atoms with Gasteiger partial charge in [0.15, 0.2) is 16.7 Å². The maximum absolute atomic E-state index is 14.4. The lowest BCUT2D eigenvalue weighted by Crippen LogP contribution is -2.12. The van der Waals surface area contributed by atoms with E-state index in [0.717, 1.165) is 16.7 Å². The zero-order valence-corrected chi connectivity index (χ0v) is 17.4. The van der Waals surface area contributed by atoms with Crippen molar-refractivity contribution >= 4 is 34.2 Å². The molecule has 1 atom stereocenters. The highest BCUT2D eigenvalue weighted by atomic mass is 35.5. The molecule has 0 amide bonds. The molecule has 2 N–H and O–H groups in total. The Balaban J connectivity index is 1.88. The van der Waals surface area contributed by atoms with Gasteiger partial charge in [0.05, 0.1) is 22.9 Å². The molecule has 4 bridgehead atoms. The van der Waals surface area contributed by atoms with Crippen molar-refractivity contribution in [1.82, 2.24) is 0 Å². The van der Waals surface area contributed by atoms with Gasteiger partial charge in [0.1, 0.15) is 10.7 Å². The molecule has 0 aliphatic carbocycles. The molecule has 0 fully saturated rings. The Morgan fingerprint density at radius 2 is 1.93 bits per heavy atom. The molecule has 1 heterocycles. The van der Waals surface area contributed by atoms with Gasteiger partial charge in [0.25, 0.3) is 0 Å². The number of nitrogens with one attached hydrogen (secondary N) is 1. The van der Waals surface area contributed by atoms with Crippen LogP contribution in [-0.2, 0) is 22.1 Å². The molecule has 30 heavy (non-hydrogen) atoms. The van der Waals surface area contributed by atoms with E-state index < -0.39 is 28.5 Å². The molecule has 1 aliphatic heterocycles. The highest BCUT2D eigenvalue weighted by Crippen LogP contribution is 2.34. The van der Waals surface area contributed by atoms with Crippen molar-refractivity contribution in [1.29, 1.82) is 0 Å². The van der Waals surface area contributed by atoms with E-state index in [1.807, 2.05) is 25.1 Å². The van der Waals surface area contributed by atoms with Gasteiger partial charge in [-0.2, -0.15) is 0 Å². The Labute approximate surface area is 180 Å². The Morgan fingerprint density at radius 1 is 1.13 bits per heavy atom. The lowest BCUT2D eigenvalue weighted by Gasteiger charge is -2.16. The van der Waals surface area contributed by atoms with Crippen LogP contribution < -0.4 is 4.72 Å². The van der Waals surface area contributed by atoms with Crippen LogP contribution in [0.25, 0.3) is 11.1 Å². The van der Waals surface area contributed by atoms with E-state index in [1.165, 1.54) is 18.2 Å². The van der Waals surface area contributed by atoms with Crippen LogP contribution in [0.4, 0.5) is 10.1 Å². The van der Waals surface area contributed by atoms with E-state index >= 15 is 0 Å². The Morgan fingerprint density at radius 3 is 2.73 bits per heavy atom. The van der Waals surface area contributed by atoms with Gasteiger partial charge in [-0.25, -0.2) is 13.4 Å². The number of benzene rings is 3. The third-order valence-corrected chi connectivity index (χ3v) is 6.21. The monoisotopic (exact) mass is 445 g/mol. The van der Waals surface area contributed by atoms with E-state index in [1.54, 1.807) is 12.1 Å². The molecule has 0 saturated carbocycles. The summed E-state index contributed by atoms with van der Waals surface area (Å²) in [5.41, 5.74) is 3.58. The zero-order valence-electron chi connectivity index (χ0n) is 15.9. The van der Waals surface area contributed by atoms with E-state index in [2.05, 4.69) is 4.72 Å². The van der Waals surface area contributed by atoms with E-state index in [-0.39, 0.29) is 27.8 Å². The largest absolute Gasteiger partial charge is 0.505 e. The quantitative estimate of drug-likeness (QED) is 0.477. The summed E-state index contributed by atoms with van der Waals surface area (Å²) < 4.78 is 35.2. The molecule has 1 unspecified atom stereocenters. The molecule has 5 nitrogen and oxygen atoms in total. The van der Waals surface area contributed by atoms with Gasteiger partial charge in [-0.15, -0.1) is 0 Å². The van der Waals surface area contributed by atoms with Gasteiger partial charge < -0.3 is 9.84 Å². The van der Waals surface area contributed by atoms with Crippen molar-refractivity contribution in [3.63, 3.8) is 0 Å². The van der Waals surface area contributed by atoms with Crippen molar-refractivity contribution in [2.24, 2.45) is 0 Å². The van der Waals surface area contributed by atoms with Crippen LogP contribution >= 0.6 is 11.6 Å². The number of anilines is 1. The summed E-state index contributed by atoms with van der Waals surface area (Å²) in [7, 11) is -2.08. The van der Waals surface area contributed by atoms with Crippen LogP contribution in [0.5, 0.6) is 5.75 Å². The number of cyclic esters (lactones) is 1. The van der Waals surface area contributed by atoms with Gasteiger partial charge >= 0.3 is 5.97 Å². The number of hydrogen-bond acceptors (Lipinski definition) is 4.